The van der Waals surface area contributed by atoms with Crippen LogP contribution < -0.4 is 15.8 Å². The number of aromatic amines is 1. The van der Waals surface area contributed by atoms with Crippen LogP contribution in [0.25, 0.3) is 20.8 Å². The number of hydrogen-bond acceptors (Lipinski definition) is 9. The fraction of sp³-hybridized carbons (Fsp3) is 0.500. The van der Waals surface area contributed by atoms with Gasteiger partial charge in [-0.1, -0.05) is 12.1 Å². The number of para-hydroxylation sites is 1. The van der Waals surface area contributed by atoms with E-state index in [2.05, 4.69) is 20.2 Å². The molecule has 1 saturated carbocycles. The second kappa shape index (κ2) is 8.78. The van der Waals surface area contributed by atoms with Crippen molar-refractivity contribution in [2.75, 3.05) is 29.9 Å². The molecule has 2 fully saturated rings. The zero-order valence-electron chi connectivity index (χ0n) is 17.6. The standard InChI is InChI=1S/C22H27N5O4S/c28-11-12-10-14(18(30)17(12)29)23-19-16(21-24-13-6-2-3-7-15(13)32-21)20(31)26-22(25-19)27-8-4-1-5-9-27/h2-3,6-7,12,14,17-18,28-30H,1,4-5,8-11H2,(H2,23,25,26,31)/t12-,14-,17-,18+/m1/s1. The molecule has 4 atom stereocenters. The van der Waals surface area contributed by atoms with Gasteiger partial charge in [0.15, 0.2) is 0 Å². The number of anilines is 2. The van der Waals surface area contributed by atoms with Crippen molar-refractivity contribution in [1.29, 1.82) is 0 Å². The molecule has 0 bridgehead atoms. The summed E-state index contributed by atoms with van der Waals surface area (Å²) in [5.41, 5.74) is 0.824. The fourth-order valence-electron chi connectivity index (χ4n) is 4.62. The van der Waals surface area contributed by atoms with Crippen LogP contribution >= 0.6 is 11.3 Å². The minimum absolute atomic E-state index is 0.219. The highest BCUT2D eigenvalue weighted by Crippen LogP contribution is 2.35. The molecule has 0 amide bonds. The van der Waals surface area contributed by atoms with Crippen LogP contribution in [0, 0.1) is 5.92 Å². The number of aliphatic hydroxyl groups excluding tert-OH is 3. The lowest BCUT2D eigenvalue weighted by molar-refractivity contribution is 0.00446. The molecule has 3 aromatic rings. The van der Waals surface area contributed by atoms with E-state index in [1.807, 2.05) is 24.3 Å². The Morgan fingerprint density at radius 1 is 1.12 bits per heavy atom. The molecular formula is C22H27N5O4S. The van der Waals surface area contributed by atoms with Crippen LogP contribution in [0.2, 0.25) is 0 Å². The van der Waals surface area contributed by atoms with E-state index in [-0.39, 0.29) is 12.2 Å². The Morgan fingerprint density at radius 3 is 2.62 bits per heavy atom. The zero-order chi connectivity index (χ0) is 22.2. The van der Waals surface area contributed by atoms with E-state index in [0.29, 0.717) is 28.8 Å². The van der Waals surface area contributed by atoms with E-state index in [1.165, 1.54) is 11.3 Å². The third-order valence-corrected chi connectivity index (χ3v) is 7.48. The lowest BCUT2D eigenvalue weighted by Gasteiger charge is -2.28. The Morgan fingerprint density at radius 2 is 1.91 bits per heavy atom. The number of nitrogens with zero attached hydrogens (tertiary/aromatic N) is 3. The van der Waals surface area contributed by atoms with Gasteiger partial charge in [-0.2, -0.15) is 4.98 Å². The third-order valence-electron chi connectivity index (χ3n) is 6.43. The van der Waals surface area contributed by atoms with Crippen molar-refractivity contribution in [3.05, 3.63) is 34.6 Å². The minimum atomic E-state index is -1.07. The second-order valence-electron chi connectivity index (χ2n) is 8.56. The van der Waals surface area contributed by atoms with Crippen LogP contribution in [0.5, 0.6) is 0 Å². The Labute approximate surface area is 188 Å². The fourth-order valence-corrected chi connectivity index (χ4v) is 5.63. The molecule has 10 heteroatoms. The van der Waals surface area contributed by atoms with E-state index in [9.17, 15) is 20.1 Å². The molecule has 3 heterocycles. The third kappa shape index (κ3) is 3.88. The second-order valence-corrected chi connectivity index (χ2v) is 9.59. The average Bonchev–Trinajstić information content (AvgIpc) is 3.35. The highest BCUT2D eigenvalue weighted by molar-refractivity contribution is 7.21. The number of H-pyrrole nitrogens is 1. The van der Waals surface area contributed by atoms with E-state index in [0.717, 1.165) is 42.6 Å². The van der Waals surface area contributed by atoms with E-state index >= 15 is 0 Å². The maximum absolute atomic E-state index is 13.3. The number of aromatic nitrogens is 3. The summed E-state index contributed by atoms with van der Waals surface area (Å²) in [6, 6.07) is 7.14. The predicted octanol–water partition coefficient (Wildman–Crippen LogP) is 1.55. The lowest BCUT2D eigenvalue weighted by atomic mass is 10.1. The van der Waals surface area contributed by atoms with Crippen molar-refractivity contribution in [3.8, 4) is 10.6 Å². The normalized spacial score (nSPS) is 26.0. The molecule has 0 unspecified atom stereocenters. The number of fused-ring (bicyclic) bond motifs is 1. The highest BCUT2D eigenvalue weighted by atomic mass is 32.1. The van der Waals surface area contributed by atoms with Gasteiger partial charge in [-0.3, -0.25) is 9.78 Å². The molecule has 2 aromatic heterocycles. The van der Waals surface area contributed by atoms with Gasteiger partial charge >= 0.3 is 0 Å². The van der Waals surface area contributed by atoms with Crippen LogP contribution in [0.1, 0.15) is 25.7 Å². The molecule has 2 aliphatic rings. The van der Waals surface area contributed by atoms with Crippen molar-refractivity contribution in [2.24, 2.45) is 5.92 Å². The summed E-state index contributed by atoms with van der Waals surface area (Å²) >= 11 is 1.41. The van der Waals surface area contributed by atoms with E-state index in [1.54, 1.807) is 0 Å². The molecule has 9 nitrogen and oxygen atoms in total. The van der Waals surface area contributed by atoms with Gasteiger partial charge < -0.3 is 25.5 Å². The molecule has 1 aromatic carbocycles. The SMILES string of the molecule is O=c1[nH]c(N2CCCCC2)nc(N[C@@H]2C[C@H](CO)[C@@H](O)[C@H]2O)c1-c1nc2ccccc2s1. The summed E-state index contributed by atoms with van der Waals surface area (Å²) < 4.78 is 0.963. The van der Waals surface area contributed by atoms with Gasteiger partial charge in [0.25, 0.3) is 5.56 Å². The summed E-state index contributed by atoms with van der Waals surface area (Å²) in [5.74, 6) is 0.397. The van der Waals surface area contributed by atoms with Crippen LogP contribution in [0.3, 0.4) is 0 Å². The highest BCUT2D eigenvalue weighted by Gasteiger charge is 2.41. The lowest BCUT2D eigenvalue weighted by Crippen LogP contribution is -2.37. The van der Waals surface area contributed by atoms with E-state index < -0.39 is 24.2 Å². The average molecular weight is 458 g/mol. The van der Waals surface area contributed by atoms with Crippen molar-refractivity contribution >= 4 is 33.3 Å². The largest absolute Gasteiger partial charge is 0.396 e. The molecule has 1 aliphatic carbocycles. The maximum atomic E-state index is 13.3. The summed E-state index contributed by atoms with van der Waals surface area (Å²) in [5, 5.41) is 34.0. The first-order valence-electron chi connectivity index (χ1n) is 11.0. The Hall–Kier alpha value is -2.53. The van der Waals surface area contributed by atoms with Crippen molar-refractivity contribution < 1.29 is 15.3 Å². The molecule has 1 aliphatic heterocycles. The number of nitrogens with one attached hydrogen (secondary N) is 2. The maximum Gasteiger partial charge on any atom is 0.264 e. The van der Waals surface area contributed by atoms with E-state index in [4.69, 9.17) is 4.98 Å². The van der Waals surface area contributed by atoms with Gasteiger partial charge in [0, 0.05) is 25.6 Å². The number of aliphatic hydroxyl groups is 3. The number of piperidine rings is 1. The van der Waals surface area contributed by atoms with Gasteiger partial charge in [0.1, 0.15) is 22.5 Å². The molecular weight excluding hydrogens is 430 g/mol. The molecule has 5 N–H and O–H groups in total. The van der Waals surface area contributed by atoms with Crippen LogP contribution in [-0.2, 0) is 0 Å². The van der Waals surface area contributed by atoms with Crippen molar-refractivity contribution in [3.63, 3.8) is 0 Å². The Bertz CT molecular complexity index is 1130. The Kier molecular flexibility index (Phi) is 5.85. The molecule has 0 radical (unpaired) electrons. The first kappa shape index (κ1) is 21.3. The van der Waals surface area contributed by atoms with Crippen LogP contribution in [0.4, 0.5) is 11.8 Å². The molecule has 5 rings (SSSR count). The van der Waals surface area contributed by atoms with Gasteiger partial charge in [0.05, 0.1) is 22.4 Å². The summed E-state index contributed by atoms with van der Waals surface area (Å²) in [7, 11) is 0. The number of hydrogen-bond donors (Lipinski definition) is 5. The number of thiazole rings is 1. The summed E-state index contributed by atoms with van der Waals surface area (Å²) in [6.07, 6.45) is 1.49. The molecule has 0 spiro atoms. The smallest absolute Gasteiger partial charge is 0.264 e. The van der Waals surface area contributed by atoms with Gasteiger partial charge in [-0.05, 0) is 37.8 Å². The minimum Gasteiger partial charge on any atom is -0.396 e. The predicted molar refractivity (Wildman–Crippen MR) is 124 cm³/mol. The van der Waals surface area contributed by atoms with Crippen LogP contribution in [-0.4, -0.2) is 68.2 Å². The zero-order valence-corrected chi connectivity index (χ0v) is 18.4. The first-order chi connectivity index (χ1) is 15.5. The molecule has 170 valence electrons. The monoisotopic (exact) mass is 457 g/mol. The van der Waals surface area contributed by atoms with Gasteiger partial charge in [-0.15, -0.1) is 11.3 Å². The molecule has 1 saturated heterocycles. The first-order valence-corrected chi connectivity index (χ1v) is 11.9. The Balaban J connectivity index is 1.58. The van der Waals surface area contributed by atoms with Crippen molar-refractivity contribution in [1.82, 2.24) is 15.0 Å². The van der Waals surface area contributed by atoms with Crippen molar-refractivity contribution in [2.45, 2.75) is 43.9 Å². The van der Waals surface area contributed by atoms with Gasteiger partial charge in [-0.25, -0.2) is 4.98 Å². The quantitative estimate of drug-likeness (QED) is 0.390. The summed E-state index contributed by atoms with van der Waals surface area (Å²) in [4.78, 5) is 27.7. The van der Waals surface area contributed by atoms with Crippen LogP contribution in [0.15, 0.2) is 29.1 Å². The molecule has 32 heavy (non-hydrogen) atoms. The summed E-state index contributed by atoms with van der Waals surface area (Å²) in [6.45, 7) is 1.42. The van der Waals surface area contributed by atoms with Gasteiger partial charge in [0.2, 0.25) is 5.95 Å². The topological polar surface area (TPSA) is 135 Å². The number of rotatable bonds is 5. The number of benzene rings is 1.